The van der Waals surface area contributed by atoms with Crippen LogP contribution in [0.15, 0.2) is 51.4 Å². The number of halogens is 2. The van der Waals surface area contributed by atoms with Crippen molar-refractivity contribution in [2.75, 3.05) is 11.9 Å². The van der Waals surface area contributed by atoms with Crippen LogP contribution in [-0.2, 0) is 6.54 Å². The van der Waals surface area contributed by atoms with Gasteiger partial charge in [0.1, 0.15) is 11.8 Å². The maximum absolute atomic E-state index is 8.51. The van der Waals surface area contributed by atoms with Crippen molar-refractivity contribution in [3.05, 3.63) is 57.0 Å². The smallest absolute Gasteiger partial charge is 0.174 e. The molecule has 0 unspecified atom stereocenters. The Morgan fingerprint density at radius 1 is 1.15 bits per heavy atom. The van der Waals surface area contributed by atoms with Crippen LogP contribution in [0.2, 0.25) is 0 Å². The fraction of sp³-hybridized carbons (Fsp3) is 0.133. The Kier molecular flexibility index (Phi) is 5.45. The van der Waals surface area contributed by atoms with E-state index in [9.17, 15) is 0 Å². The predicted octanol–water partition coefficient (Wildman–Crippen LogP) is 4.73. The van der Waals surface area contributed by atoms with Gasteiger partial charge in [0.2, 0.25) is 0 Å². The molecule has 0 bridgehead atoms. The van der Waals surface area contributed by atoms with Gasteiger partial charge in [-0.05, 0) is 51.8 Å². The summed E-state index contributed by atoms with van der Waals surface area (Å²) in [6, 6.07) is 15.6. The molecular formula is C15H12Br2N2O. The fourth-order valence-electron chi connectivity index (χ4n) is 1.69. The van der Waals surface area contributed by atoms with Crippen LogP contribution < -0.4 is 10.1 Å². The Balaban J connectivity index is 2.01. The van der Waals surface area contributed by atoms with E-state index in [-0.39, 0.29) is 6.61 Å². The van der Waals surface area contributed by atoms with Crippen molar-refractivity contribution in [1.29, 1.82) is 5.26 Å². The number of benzene rings is 2. The number of hydrogen-bond donors (Lipinski definition) is 1. The van der Waals surface area contributed by atoms with Crippen LogP contribution in [0.1, 0.15) is 5.56 Å². The summed E-state index contributed by atoms with van der Waals surface area (Å²) in [5.41, 5.74) is 2.12. The van der Waals surface area contributed by atoms with Gasteiger partial charge in [-0.1, -0.05) is 28.1 Å². The van der Waals surface area contributed by atoms with Gasteiger partial charge in [0.15, 0.2) is 6.61 Å². The van der Waals surface area contributed by atoms with Crippen molar-refractivity contribution in [2.45, 2.75) is 6.54 Å². The Morgan fingerprint density at radius 3 is 2.75 bits per heavy atom. The zero-order chi connectivity index (χ0) is 14.4. The second-order valence-electron chi connectivity index (χ2n) is 4.07. The molecule has 0 amide bonds. The van der Waals surface area contributed by atoms with Gasteiger partial charge in [-0.25, -0.2) is 0 Å². The highest BCUT2D eigenvalue weighted by Gasteiger charge is 2.01. The summed E-state index contributed by atoms with van der Waals surface area (Å²) < 4.78 is 7.32. The molecule has 0 aliphatic carbocycles. The second-order valence-corrected chi connectivity index (χ2v) is 5.84. The van der Waals surface area contributed by atoms with Crippen molar-refractivity contribution in [3.63, 3.8) is 0 Å². The van der Waals surface area contributed by atoms with Crippen LogP contribution in [0.25, 0.3) is 0 Å². The molecule has 20 heavy (non-hydrogen) atoms. The molecular weight excluding hydrogens is 384 g/mol. The van der Waals surface area contributed by atoms with Crippen LogP contribution in [0, 0.1) is 11.3 Å². The standard InChI is InChI=1S/C15H12Br2N2O/c16-12-4-5-15(14(17)9-12)19-10-11-2-1-3-13(8-11)20-7-6-18/h1-5,8-9,19H,7,10H2. The number of anilines is 1. The molecule has 0 radical (unpaired) electrons. The van der Waals surface area contributed by atoms with Crippen molar-refractivity contribution in [2.24, 2.45) is 0 Å². The first-order chi connectivity index (χ1) is 9.69. The average molecular weight is 396 g/mol. The third-order valence-electron chi connectivity index (χ3n) is 2.62. The lowest BCUT2D eigenvalue weighted by molar-refractivity contribution is 0.368. The van der Waals surface area contributed by atoms with E-state index in [0.29, 0.717) is 12.3 Å². The summed E-state index contributed by atoms with van der Waals surface area (Å²) in [4.78, 5) is 0. The zero-order valence-corrected chi connectivity index (χ0v) is 13.7. The third-order valence-corrected chi connectivity index (χ3v) is 3.77. The number of ether oxygens (including phenoxy) is 1. The molecule has 0 saturated heterocycles. The average Bonchev–Trinajstić information content (AvgIpc) is 2.45. The van der Waals surface area contributed by atoms with E-state index in [0.717, 1.165) is 20.2 Å². The number of rotatable bonds is 5. The van der Waals surface area contributed by atoms with Crippen LogP contribution in [0.3, 0.4) is 0 Å². The predicted molar refractivity (Wildman–Crippen MR) is 86.7 cm³/mol. The van der Waals surface area contributed by atoms with Crippen LogP contribution >= 0.6 is 31.9 Å². The zero-order valence-electron chi connectivity index (χ0n) is 10.6. The number of nitriles is 1. The molecule has 102 valence electrons. The molecule has 3 nitrogen and oxygen atoms in total. The van der Waals surface area contributed by atoms with E-state index in [1.807, 2.05) is 48.5 Å². The largest absolute Gasteiger partial charge is 0.479 e. The molecule has 0 atom stereocenters. The van der Waals surface area contributed by atoms with Crippen molar-refractivity contribution in [1.82, 2.24) is 0 Å². The molecule has 2 aromatic carbocycles. The van der Waals surface area contributed by atoms with E-state index in [1.54, 1.807) is 0 Å². The molecule has 0 saturated carbocycles. The first-order valence-corrected chi connectivity index (χ1v) is 7.55. The topological polar surface area (TPSA) is 45.0 Å². The first-order valence-electron chi connectivity index (χ1n) is 5.96. The summed E-state index contributed by atoms with van der Waals surface area (Å²) in [6.45, 7) is 0.749. The van der Waals surface area contributed by atoms with Gasteiger partial charge in [0, 0.05) is 21.2 Å². The second kappa shape index (κ2) is 7.32. The van der Waals surface area contributed by atoms with Gasteiger partial charge in [-0.2, -0.15) is 5.26 Å². The van der Waals surface area contributed by atoms with Gasteiger partial charge in [0.05, 0.1) is 0 Å². The van der Waals surface area contributed by atoms with Crippen LogP contribution in [0.5, 0.6) is 5.75 Å². The highest BCUT2D eigenvalue weighted by atomic mass is 79.9. The number of hydrogen-bond acceptors (Lipinski definition) is 3. The van der Waals surface area contributed by atoms with Crippen molar-refractivity contribution >= 4 is 37.5 Å². The number of nitrogens with zero attached hydrogens (tertiary/aromatic N) is 1. The van der Waals surface area contributed by atoms with Gasteiger partial charge < -0.3 is 10.1 Å². The molecule has 2 rings (SSSR count). The molecule has 1 N–H and O–H groups in total. The van der Waals surface area contributed by atoms with E-state index in [1.165, 1.54) is 0 Å². The number of nitrogens with one attached hydrogen (secondary N) is 1. The Morgan fingerprint density at radius 2 is 2.00 bits per heavy atom. The third kappa shape index (κ3) is 4.26. The normalized spacial score (nSPS) is 9.85. The Hall–Kier alpha value is -1.51. The molecule has 0 aromatic heterocycles. The molecule has 2 aromatic rings. The SMILES string of the molecule is N#CCOc1cccc(CNc2ccc(Br)cc2Br)c1. The summed E-state index contributed by atoms with van der Waals surface area (Å²) >= 11 is 6.94. The maximum Gasteiger partial charge on any atom is 0.174 e. The van der Waals surface area contributed by atoms with Crippen molar-refractivity contribution in [3.8, 4) is 11.8 Å². The quantitative estimate of drug-likeness (QED) is 0.796. The van der Waals surface area contributed by atoms with Gasteiger partial charge in [-0.3, -0.25) is 0 Å². The van der Waals surface area contributed by atoms with E-state index >= 15 is 0 Å². The lowest BCUT2D eigenvalue weighted by Gasteiger charge is -2.10. The maximum atomic E-state index is 8.51. The van der Waals surface area contributed by atoms with Crippen LogP contribution in [-0.4, -0.2) is 6.61 Å². The first kappa shape index (κ1) is 14.9. The summed E-state index contributed by atoms with van der Waals surface area (Å²) in [5, 5.41) is 11.9. The van der Waals surface area contributed by atoms with E-state index in [4.69, 9.17) is 10.00 Å². The summed E-state index contributed by atoms with van der Waals surface area (Å²) in [6.07, 6.45) is 0. The van der Waals surface area contributed by atoms with Gasteiger partial charge >= 0.3 is 0 Å². The van der Waals surface area contributed by atoms with E-state index in [2.05, 4.69) is 37.2 Å². The molecule has 5 heteroatoms. The summed E-state index contributed by atoms with van der Waals surface area (Å²) in [5.74, 6) is 0.709. The molecule has 0 fully saturated rings. The minimum absolute atomic E-state index is 0.0646. The van der Waals surface area contributed by atoms with Crippen molar-refractivity contribution < 1.29 is 4.74 Å². The summed E-state index contributed by atoms with van der Waals surface area (Å²) in [7, 11) is 0. The molecule has 0 aliphatic heterocycles. The van der Waals surface area contributed by atoms with Crippen LogP contribution in [0.4, 0.5) is 5.69 Å². The minimum Gasteiger partial charge on any atom is -0.479 e. The molecule has 0 heterocycles. The minimum atomic E-state index is 0.0646. The Labute approximate surface area is 134 Å². The lowest BCUT2D eigenvalue weighted by atomic mass is 10.2. The van der Waals surface area contributed by atoms with Gasteiger partial charge in [-0.15, -0.1) is 0 Å². The highest BCUT2D eigenvalue weighted by molar-refractivity contribution is 9.11. The fourth-order valence-corrected chi connectivity index (χ4v) is 2.88. The van der Waals surface area contributed by atoms with E-state index < -0.39 is 0 Å². The lowest BCUT2D eigenvalue weighted by Crippen LogP contribution is -2.01. The highest BCUT2D eigenvalue weighted by Crippen LogP contribution is 2.26. The Bertz CT molecular complexity index is 638. The molecule has 0 spiro atoms. The molecule has 0 aliphatic rings. The van der Waals surface area contributed by atoms with Gasteiger partial charge in [0.25, 0.3) is 0 Å². The monoisotopic (exact) mass is 394 g/mol.